The van der Waals surface area contributed by atoms with Gasteiger partial charge in [0.05, 0.1) is 0 Å². The molecular weight excluding hydrogens is 214 g/mol. The van der Waals surface area contributed by atoms with Crippen molar-refractivity contribution in [1.82, 2.24) is 4.90 Å². The van der Waals surface area contributed by atoms with Gasteiger partial charge in [-0.1, -0.05) is 0 Å². The van der Waals surface area contributed by atoms with E-state index >= 15 is 0 Å². The first-order chi connectivity index (χ1) is 7.54. The molecule has 0 spiro atoms. The SMILES string of the molecule is CN(C)C(=O)COc1coc(CO)cc1=O. The first-order valence-corrected chi connectivity index (χ1v) is 4.60. The summed E-state index contributed by atoms with van der Waals surface area (Å²) in [5, 5.41) is 8.71. The fourth-order valence-corrected chi connectivity index (χ4v) is 0.895. The van der Waals surface area contributed by atoms with Gasteiger partial charge in [0, 0.05) is 20.2 Å². The number of aliphatic hydroxyl groups excluding tert-OH is 1. The number of carbonyl (C=O) groups excluding carboxylic acids is 1. The Hall–Kier alpha value is -1.82. The van der Waals surface area contributed by atoms with Crippen LogP contribution in [0.2, 0.25) is 0 Å². The summed E-state index contributed by atoms with van der Waals surface area (Å²) in [6, 6.07) is 1.12. The second-order valence-corrected chi connectivity index (χ2v) is 3.31. The van der Waals surface area contributed by atoms with Crippen molar-refractivity contribution >= 4 is 5.91 Å². The summed E-state index contributed by atoms with van der Waals surface area (Å²) in [6.45, 7) is -0.581. The van der Waals surface area contributed by atoms with Crippen LogP contribution in [-0.4, -0.2) is 36.6 Å². The normalized spacial score (nSPS) is 9.94. The van der Waals surface area contributed by atoms with E-state index in [0.29, 0.717) is 0 Å². The van der Waals surface area contributed by atoms with Crippen molar-refractivity contribution in [3.05, 3.63) is 28.3 Å². The van der Waals surface area contributed by atoms with Crippen molar-refractivity contribution < 1.29 is 19.1 Å². The van der Waals surface area contributed by atoms with E-state index in [0.717, 1.165) is 12.3 Å². The number of nitrogens with zero attached hydrogens (tertiary/aromatic N) is 1. The average molecular weight is 227 g/mol. The first-order valence-electron chi connectivity index (χ1n) is 4.60. The standard InChI is InChI=1S/C10H13NO5/c1-11(2)10(14)6-16-9-5-15-7(4-12)3-8(9)13/h3,5,12H,4,6H2,1-2H3. The number of carbonyl (C=O) groups is 1. The zero-order valence-electron chi connectivity index (χ0n) is 9.10. The van der Waals surface area contributed by atoms with Crippen LogP contribution in [0.25, 0.3) is 0 Å². The van der Waals surface area contributed by atoms with Crippen molar-refractivity contribution in [2.45, 2.75) is 6.61 Å². The van der Waals surface area contributed by atoms with Crippen LogP contribution in [0.1, 0.15) is 5.76 Å². The Morgan fingerprint density at radius 3 is 2.75 bits per heavy atom. The first kappa shape index (κ1) is 12.3. The molecular formula is C10H13NO5. The second kappa shape index (κ2) is 5.32. The highest BCUT2D eigenvalue weighted by atomic mass is 16.5. The number of rotatable bonds is 4. The van der Waals surface area contributed by atoms with Crippen LogP contribution in [0.15, 0.2) is 21.5 Å². The molecule has 0 aliphatic rings. The van der Waals surface area contributed by atoms with Crippen molar-refractivity contribution in [1.29, 1.82) is 0 Å². The summed E-state index contributed by atoms with van der Waals surface area (Å²) >= 11 is 0. The highest BCUT2D eigenvalue weighted by Crippen LogP contribution is 2.05. The van der Waals surface area contributed by atoms with E-state index in [9.17, 15) is 9.59 Å². The molecule has 0 atom stereocenters. The van der Waals surface area contributed by atoms with Gasteiger partial charge in [-0.15, -0.1) is 0 Å². The molecule has 0 saturated carbocycles. The number of likely N-dealkylation sites (N-methyl/N-ethyl adjacent to an activating group) is 1. The topological polar surface area (TPSA) is 80.0 Å². The molecule has 0 aliphatic heterocycles. The molecule has 16 heavy (non-hydrogen) atoms. The van der Waals surface area contributed by atoms with Crippen molar-refractivity contribution in [2.24, 2.45) is 0 Å². The molecule has 1 amide bonds. The largest absolute Gasteiger partial charge is 0.477 e. The second-order valence-electron chi connectivity index (χ2n) is 3.31. The molecule has 6 nitrogen and oxygen atoms in total. The third-order valence-electron chi connectivity index (χ3n) is 1.86. The molecule has 0 aromatic carbocycles. The number of ether oxygens (including phenoxy) is 1. The van der Waals surface area contributed by atoms with Gasteiger partial charge in [-0.25, -0.2) is 0 Å². The Labute approximate surface area is 92.1 Å². The highest BCUT2D eigenvalue weighted by molar-refractivity contribution is 5.77. The van der Waals surface area contributed by atoms with Crippen molar-refractivity contribution in [3.63, 3.8) is 0 Å². The van der Waals surface area contributed by atoms with Gasteiger partial charge < -0.3 is 19.2 Å². The van der Waals surface area contributed by atoms with Gasteiger partial charge in [0.15, 0.2) is 6.61 Å². The third kappa shape index (κ3) is 3.09. The third-order valence-corrected chi connectivity index (χ3v) is 1.86. The predicted molar refractivity (Wildman–Crippen MR) is 55.1 cm³/mol. The lowest BCUT2D eigenvalue weighted by molar-refractivity contribution is -0.130. The molecule has 0 aliphatic carbocycles. The minimum Gasteiger partial charge on any atom is -0.477 e. The maximum atomic E-state index is 11.4. The molecule has 88 valence electrons. The van der Waals surface area contributed by atoms with E-state index in [-0.39, 0.29) is 30.6 Å². The molecule has 1 N–H and O–H groups in total. The van der Waals surface area contributed by atoms with Gasteiger partial charge in [-0.3, -0.25) is 9.59 Å². The Kier molecular flexibility index (Phi) is 4.07. The molecule has 1 aromatic heterocycles. The molecule has 1 rings (SSSR count). The minimum absolute atomic E-state index is 0.0487. The zero-order valence-corrected chi connectivity index (χ0v) is 9.10. The summed E-state index contributed by atoms with van der Waals surface area (Å²) < 4.78 is 9.86. The Morgan fingerprint density at radius 1 is 1.56 bits per heavy atom. The maximum absolute atomic E-state index is 11.4. The molecule has 0 radical (unpaired) electrons. The molecule has 0 saturated heterocycles. The summed E-state index contributed by atoms with van der Waals surface area (Å²) in [5.41, 5.74) is -0.429. The van der Waals surface area contributed by atoms with Gasteiger partial charge in [-0.2, -0.15) is 0 Å². The molecule has 0 unspecified atom stereocenters. The lowest BCUT2D eigenvalue weighted by atomic mass is 10.4. The Morgan fingerprint density at radius 2 is 2.25 bits per heavy atom. The van der Waals surface area contributed by atoms with Gasteiger partial charge in [0.2, 0.25) is 11.2 Å². The van der Waals surface area contributed by atoms with Gasteiger partial charge in [-0.05, 0) is 0 Å². The quantitative estimate of drug-likeness (QED) is 0.757. The molecule has 6 heteroatoms. The molecule has 0 fully saturated rings. The lowest BCUT2D eigenvalue weighted by Crippen LogP contribution is -2.28. The van der Waals surface area contributed by atoms with Crippen LogP contribution < -0.4 is 10.2 Å². The highest BCUT2D eigenvalue weighted by Gasteiger charge is 2.08. The maximum Gasteiger partial charge on any atom is 0.259 e. The Bertz CT molecular complexity index is 423. The number of amides is 1. The van der Waals surface area contributed by atoms with Crippen LogP contribution in [0.5, 0.6) is 5.75 Å². The van der Waals surface area contributed by atoms with Crippen molar-refractivity contribution in [2.75, 3.05) is 20.7 Å². The van der Waals surface area contributed by atoms with Crippen LogP contribution in [0.3, 0.4) is 0 Å². The van der Waals surface area contributed by atoms with Gasteiger partial charge >= 0.3 is 0 Å². The van der Waals surface area contributed by atoms with Crippen LogP contribution >= 0.6 is 0 Å². The number of hydrogen-bond donors (Lipinski definition) is 1. The van der Waals surface area contributed by atoms with E-state index in [1.54, 1.807) is 14.1 Å². The van der Waals surface area contributed by atoms with Gasteiger partial charge in [0.1, 0.15) is 18.6 Å². The van der Waals surface area contributed by atoms with Crippen LogP contribution in [0.4, 0.5) is 0 Å². The zero-order chi connectivity index (χ0) is 12.1. The minimum atomic E-state index is -0.429. The van der Waals surface area contributed by atoms with E-state index in [1.165, 1.54) is 4.90 Å². The predicted octanol–water partition coefficient (Wildman–Crippen LogP) is -0.401. The van der Waals surface area contributed by atoms with E-state index in [2.05, 4.69) is 0 Å². The smallest absolute Gasteiger partial charge is 0.259 e. The van der Waals surface area contributed by atoms with E-state index in [1.807, 2.05) is 0 Å². The summed E-state index contributed by atoms with van der Waals surface area (Å²) in [7, 11) is 3.17. The lowest BCUT2D eigenvalue weighted by Gasteiger charge is -2.10. The summed E-state index contributed by atoms with van der Waals surface area (Å²) in [4.78, 5) is 23.9. The molecule has 0 bridgehead atoms. The van der Waals surface area contributed by atoms with Crippen molar-refractivity contribution in [3.8, 4) is 5.75 Å². The van der Waals surface area contributed by atoms with E-state index in [4.69, 9.17) is 14.3 Å². The van der Waals surface area contributed by atoms with E-state index < -0.39 is 5.43 Å². The van der Waals surface area contributed by atoms with Gasteiger partial charge in [0.25, 0.3) is 5.91 Å². The number of hydrogen-bond acceptors (Lipinski definition) is 5. The monoisotopic (exact) mass is 227 g/mol. The van der Waals surface area contributed by atoms with Crippen LogP contribution in [-0.2, 0) is 11.4 Å². The summed E-state index contributed by atoms with van der Waals surface area (Å²) in [6.07, 6.45) is 1.08. The average Bonchev–Trinajstić information content (AvgIpc) is 2.26. The molecule has 1 aromatic rings. The Balaban J connectivity index is 2.68. The fraction of sp³-hybridized carbons (Fsp3) is 0.400. The summed E-state index contributed by atoms with van der Waals surface area (Å²) in [5.74, 6) is -0.158. The fourth-order valence-electron chi connectivity index (χ4n) is 0.895. The molecule has 1 heterocycles. The number of aliphatic hydroxyl groups is 1. The van der Waals surface area contributed by atoms with Crippen LogP contribution in [0, 0.1) is 0 Å².